The van der Waals surface area contributed by atoms with Crippen molar-refractivity contribution in [2.24, 2.45) is 0 Å². The highest BCUT2D eigenvalue weighted by molar-refractivity contribution is 6.02. The quantitative estimate of drug-likeness (QED) is 0.100. The lowest BCUT2D eigenvalue weighted by Gasteiger charge is -2.42. The van der Waals surface area contributed by atoms with E-state index >= 15 is 0 Å². The lowest BCUT2D eigenvalue weighted by atomic mass is 9.95. The van der Waals surface area contributed by atoms with Crippen molar-refractivity contribution < 1.29 is 119 Å². The van der Waals surface area contributed by atoms with E-state index in [1.165, 1.54) is 38.1 Å². The van der Waals surface area contributed by atoms with Crippen LogP contribution in [-0.2, 0) is 28.4 Å². The molecule has 0 saturated carbocycles. The molecule has 24 heteroatoms. The molecule has 7 rings (SSSR count). The van der Waals surface area contributed by atoms with Crippen LogP contribution in [0.3, 0.4) is 0 Å². The molecule has 5 aliphatic rings. The van der Waals surface area contributed by atoms with Crippen LogP contribution in [0.5, 0.6) is 28.7 Å². The number of aliphatic hydroxyl groups excluding tert-OH is 12. The van der Waals surface area contributed by atoms with Crippen LogP contribution in [-0.4, -0.2) is 213 Å². The second-order valence-electron chi connectivity index (χ2n) is 16.1. The number of fused-ring (bicyclic) bond motifs is 1. The summed E-state index contributed by atoms with van der Waals surface area (Å²) in [4.78, 5) is 13.3. The second-order valence-corrected chi connectivity index (χ2v) is 16.1. The van der Waals surface area contributed by atoms with E-state index in [1.807, 2.05) is 0 Å². The lowest BCUT2D eigenvalue weighted by molar-refractivity contribution is -0.318. The van der Waals surface area contributed by atoms with Crippen molar-refractivity contribution >= 4 is 5.78 Å². The van der Waals surface area contributed by atoms with Gasteiger partial charge in [-0.3, -0.25) is 4.79 Å². The molecular weight excluding hydrogens is 852 g/mol. The van der Waals surface area contributed by atoms with Crippen LogP contribution in [0.2, 0.25) is 0 Å². The van der Waals surface area contributed by atoms with Crippen LogP contribution in [0, 0.1) is 0 Å². The lowest BCUT2D eigenvalue weighted by Crippen LogP contribution is -2.61. The van der Waals surface area contributed by atoms with E-state index in [1.54, 1.807) is 0 Å². The number of ketones is 1. The molecule has 24 nitrogen and oxygen atoms in total. The first-order chi connectivity index (χ1) is 29.7. The third-order valence-corrected chi connectivity index (χ3v) is 11.6. The molecule has 2 aromatic rings. The minimum atomic E-state index is -1.87. The molecule has 0 aromatic heterocycles. The van der Waals surface area contributed by atoms with Gasteiger partial charge in [-0.05, 0) is 31.5 Å². The normalized spacial score (nSPS) is 43.1. The zero-order valence-electron chi connectivity index (χ0n) is 33.5. The van der Waals surface area contributed by atoms with Gasteiger partial charge in [-0.15, -0.1) is 0 Å². The number of benzene rings is 2. The number of aliphatic hydroxyl groups is 12. The topological polar surface area (TPSA) is 383 Å². The number of phenolic OH excluding ortho intramolecular Hbond substituents is 2. The Bertz CT molecular complexity index is 1900. The van der Waals surface area contributed by atoms with Gasteiger partial charge in [-0.2, -0.15) is 0 Å². The molecule has 0 aliphatic carbocycles. The van der Waals surface area contributed by atoms with Crippen LogP contribution < -0.4 is 14.2 Å². The summed E-state index contributed by atoms with van der Waals surface area (Å²) in [5.41, 5.74) is -0.00343. The molecule has 21 unspecified atom stereocenters. The van der Waals surface area contributed by atoms with E-state index in [0.717, 1.165) is 6.07 Å². The Morgan fingerprint density at radius 3 is 1.52 bits per heavy atom. The van der Waals surface area contributed by atoms with Crippen molar-refractivity contribution in [3.8, 4) is 28.7 Å². The summed E-state index contributed by atoms with van der Waals surface area (Å²) in [5, 5.41) is 146. The van der Waals surface area contributed by atoms with Crippen molar-refractivity contribution in [1.29, 1.82) is 0 Å². The predicted molar refractivity (Wildman–Crippen MR) is 200 cm³/mol. The summed E-state index contributed by atoms with van der Waals surface area (Å²) >= 11 is 0. The molecule has 0 spiro atoms. The highest BCUT2D eigenvalue weighted by atomic mass is 16.7. The number of ether oxygens (including phenoxy) is 9. The molecule has 14 N–H and O–H groups in total. The summed E-state index contributed by atoms with van der Waals surface area (Å²) in [6, 6.07) is 6.01. The Morgan fingerprint density at radius 2 is 1.02 bits per heavy atom. The predicted octanol–water partition coefficient (Wildman–Crippen LogP) is -5.13. The number of carbonyl (C=O) groups is 1. The van der Waals surface area contributed by atoms with Crippen LogP contribution >= 0.6 is 0 Å². The molecule has 0 amide bonds. The number of aromatic hydroxyl groups is 2. The summed E-state index contributed by atoms with van der Waals surface area (Å²) in [6.45, 7) is 1.74. The van der Waals surface area contributed by atoms with Gasteiger partial charge in [0.25, 0.3) is 0 Å². The maximum atomic E-state index is 13.3. The minimum absolute atomic E-state index is 0.194. The van der Waals surface area contributed by atoms with Crippen LogP contribution in [0.4, 0.5) is 0 Å². The molecule has 21 atom stereocenters. The maximum Gasteiger partial charge on any atom is 0.229 e. The van der Waals surface area contributed by atoms with Crippen molar-refractivity contribution in [3.63, 3.8) is 0 Å². The highest BCUT2D eigenvalue weighted by Gasteiger charge is 2.49. The molecule has 4 fully saturated rings. The van der Waals surface area contributed by atoms with Crippen molar-refractivity contribution in [1.82, 2.24) is 0 Å². The van der Waals surface area contributed by atoms with Gasteiger partial charge in [0.15, 0.2) is 29.9 Å². The fourth-order valence-corrected chi connectivity index (χ4v) is 7.75. The van der Waals surface area contributed by atoms with E-state index in [-0.39, 0.29) is 34.8 Å². The highest BCUT2D eigenvalue weighted by Crippen LogP contribution is 2.44. The summed E-state index contributed by atoms with van der Waals surface area (Å²) < 4.78 is 50.4. The van der Waals surface area contributed by atoms with Crippen LogP contribution in [0.1, 0.15) is 42.3 Å². The Hall–Kier alpha value is -3.61. The summed E-state index contributed by atoms with van der Waals surface area (Å²) in [6.07, 6.45) is -32.7. The number of rotatable bonds is 11. The average molecular weight is 905 g/mol. The summed E-state index contributed by atoms with van der Waals surface area (Å²) in [5.74, 6) is -2.42. The van der Waals surface area contributed by atoms with Crippen molar-refractivity contribution in [2.75, 3.05) is 13.2 Å². The van der Waals surface area contributed by atoms with E-state index in [2.05, 4.69) is 0 Å². The number of hydrogen-bond acceptors (Lipinski definition) is 24. The number of hydrogen-bond donors (Lipinski definition) is 14. The molecule has 63 heavy (non-hydrogen) atoms. The van der Waals surface area contributed by atoms with E-state index in [4.69, 9.17) is 42.6 Å². The Balaban J connectivity index is 0.996. The fourth-order valence-electron chi connectivity index (χ4n) is 7.75. The summed E-state index contributed by atoms with van der Waals surface area (Å²) in [7, 11) is 0. The molecule has 352 valence electrons. The van der Waals surface area contributed by atoms with Gasteiger partial charge in [0.1, 0.15) is 114 Å². The Kier molecular flexibility index (Phi) is 14.3. The van der Waals surface area contributed by atoms with Gasteiger partial charge in [-0.25, -0.2) is 0 Å². The molecule has 5 aliphatic heterocycles. The van der Waals surface area contributed by atoms with Gasteiger partial charge in [0.2, 0.25) is 12.6 Å². The Morgan fingerprint density at radius 1 is 0.540 bits per heavy atom. The van der Waals surface area contributed by atoms with Gasteiger partial charge in [-0.1, -0.05) is 6.07 Å². The van der Waals surface area contributed by atoms with E-state index < -0.39 is 159 Å². The SMILES string of the molecule is CC1OC(OCC2OC(Oc3cc(O)c4c(c3)OC(c3ccc(OC5OC(COC6OC(C)C(O)C(O)C6O)C(O)C(O)C5O)c(O)c3)CC4=O)C(O)C(O)C2O)C(O)C(O)C1O. The van der Waals surface area contributed by atoms with Crippen LogP contribution in [0.15, 0.2) is 30.3 Å². The standard InChI is InChI=1S/C39H52O24/c1-11-24(43)28(47)32(51)36(57-11)55-9-21-26(45)30(49)34(53)38(62-21)59-14-6-16(41)23-17(42)8-19(60-20(23)7-14)13-3-4-18(15(40)5-13)61-39-35(54)31(50)27(46)22(63-39)10-56-37-33(52)29(48)25(44)12(2)58-37/h3-7,11-12,19,21-22,24-41,43-54H,8-10H2,1-2H3. The van der Waals surface area contributed by atoms with E-state index in [0.29, 0.717) is 0 Å². The maximum absolute atomic E-state index is 13.3. The monoisotopic (exact) mass is 904 g/mol. The van der Waals surface area contributed by atoms with Gasteiger partial charge in [0.05, 0.1) is 31.8 Å². The first kappa shape index (κ1) is 47.4. The van der Waals surface area contributed by atoms with Crippen LogP contribution in [0.25, 0.3) is 0 Å². The molecule has 2 aromatic carbocycles. The first-order valence-corrected chi connectivity index (χ1v) is 20.0. The zero-order valence-corrected chi connectivity index (χ0v) is 33.5. The average Bonchev–Trinajstić information content (AvgIpc) is 3.25. The largest absolute Gasteiger partial charge is 0.507 e. The van der Waals surface area contributed by atoms with Gasteiger partial charge < -0.3 is 114 Å². The first-order valence-electron chi connectivity index (χ1n) is 20.0. The molecule has 4 saturated heterocycles. The molecule has 0 radical (unpaired) electrons. The van der Waals surface area contributed by atoms with Crippen molar-refractivity contribution in [3.05, 3.63) is 41.5 Å². The molecular formula is C39H52O24. The van der Waals surface area contributed by atoms with Gasteiger partial charge >= 0.3 is 0 Å². The zero-order chi connectivity index (χ0) is 45.8. The number of Topliss-reactive ketones (excluding diaryl/α,β-unsaturated/α-hetero) is 1. The molecule has 0 bridgehead atoms. The Labute approximate surface area is 357 Å². The smallest absolute Gasteiger partial charge is 0.229 e. The second kappa shape index (κ2) is 19.1. The fraction of sp³-hybridized carbons (Fsp3) is 0.667. The number of phenols is 2. The molecule has 5 heterocycles. The number of carbonyl (C=O) groups excluding carboxylic acids is 1. The van der Waals surface area contributed by atoms with Gasteiger partial charge in [0, 0.05) is 12.1 Å². The minimum Gasteiger partial charge on any atom is -0.507 e. The third kappa shape index (κ3) is 9.56. The van der Waals surface area contributed by atoms with Crippen molar-refractivity contribution in [2.45, 2.75) is 149 Å². The third-order valence-electron chi connectivity index (χ3n) is 11.6. The van der Waals surface area contributed by atoms with E-state index in [9.17, 15) is 76.3 Å².